The molecule has 2 atom stereocenters. The number of piperidine rings is 1. The molecular formula is C12H17N3. The Kier molecular flexibility index (Phi) is 2.33. The minimum Gasteiger partial charge on any atom is -0.370 e. The second-order valence-corrected chi connectivity index (χ2v) is 4.57. The molecule has 1 aromatic heterocycles. The van der Waals surface area contributed by atoms with Crippen LogP contribution >= 0.6 is 0 Å². The van der Waals surface area contributed by atoms with Crippen LogP contribution in [0.25, 0.3) is 0 Å². The number of aromatic nitrogens is 1. The number of hydrogen-bond acceptors (Lipinski definition) is 3. The van der Waals surface area contributed by atoms with E-state index in [2.05, 4.69) is 27.3 Å². The summed E-state index contributed by atoms with van der Waals surface area (Å²) in [6, 6.07) is 4.93. The van der Waals surface area contributed by atoms with E-state index in [1.807, 2.05) is 12.4 Å². The number of hydrogen-bond donors (Lipinski definition) is 1. The van der Waals surface area contributed by atoms with Crippen molar-refractivity contribution in [2.24, 2.45) is 5.92 Å². The number of rotatable bonds is 1. The largest absolute Gasteiger partial charge is 0.370 e. The van der Waals surface area contributed by atoms with E-state index in [1.165, 1.54) is 31.6 Å². The van der Waals surface area contributed by atoms with Gasteiger partial charge in [-0.25, -0.2) is 0 Å². The van der Waals surface area contributed by atoms with Crippen LogP contribution in [-0.2, 0) is 0 Å². The fourth-order valence-corrected chi connectivity index (χ4v) is 2.81. The van der Waals surface area contributed by atoms with E-state index in [-0.39, 0.29) is 0 Å². The molecule has 1 aromatic rings. The van der Waals surface area contributed by atoms with Gasteiger partial charge in [0, 0.05) is 37.2 Å². The molecule has 0 saturated carbocycles. The van der Waals surface area contributed by atoms with E-state index in [9.17, 15) is 0 Å². The summed E-state index contributed by atoms with van der Waals surface area (Å²) in [7, 11) is 0. The standard InChI is InChI=1S/C12H17N3/c1-2-10-8-15(9-12(10)14-5-1)11-3-6-13-7-4-11/h3-4,6-7,10,12,14H,1-2,5,8-9H2/t10-,12+/m0/s1. The number of nitrogens with zero attached hydrogens (tertiary/aromatic N) is 2. The lowest BCUT2D eigenvalue weighted by Crippen LogP contribution is -2.40. The maximum atomic E-state index is 4.07. The lowest BCUT2D eigenvalue weighted by molar-refractivity contribution is 0.340. The Morgan fingerprint density at radius 3 is 2.93 bits per heavy atom. The average molecular weight is 203 g/mol. The van der Waals surface area contributed by atoms with Crippen LogP contribution in [0, 0.1) is 5.92 Å². The van der Waals surface area contributed by atoms with Gasteiger partial charge in [0.15, 0.2) is 0 Å². The van der Waals surface area contributed by atoms with Gasteiger partial charge in [0.25, 0.3) is 0 Å². The number of pyridine rings is 1. The lowest BCUT2D eigenvalue weighted by atomic mass is 9.94. The molecule has 1 N–H and O–H groups in total. The zero-order valence-corrected chi connectivity index (χ0v) is 8.89. The molecule has 3 heteroatoms. The molecule has 3 heterocycles. The van der Waals surface area contributed by atoms with Crippen molar-refractivity contribution in [1.82, 2.24) is 10.3 Å². The Bertz CT molecular complexity index is 311. The van der Waals surface area contributed by atoms with Crippen molar-refractivity contribution < 1.29 is 0 Å². The third kappa shape index (κ3) is 1.72. The first-order valence-corrected chi connectivity index (χ1v) is 5.82. The number of fused-ring (bicyclic) bond motifs is 1. The highest BCUT2D eigenvalue weighted by Crippen LogP contribution is 2.28. The second-order valence-electron chi connectivity index (χ2n) is 4.57. The van der Waals surface area contributed by atoms with Gasteiger partial charge in [-0.05, 0) is 37.4 Å². The molecule has 15 heavy (non-hydrogen) atoms. The minimum absolute atomic E-state index is 0.715. The summed E-state index contributed by atoms with van der Waals surface area (Å²) in [5.74, 6) is 0.854. The summed E-state index contributed by atoms with van der Waals surface area (Å²) in [4.78, 5) is 6.55. The van der Waals surface area contributed by atoms with E-state index >= 15 is 0 Å². The van der Waals surface area contributed by atoms with Gasteiger partial charge in [0.2, 0.25) is 0 Å². The van der Waals surface area contributed by atoms with Gasteiger partial charge in [-0.15, -0.1) is 0 Å². The smallest absolute Gasteiger partial charge is 0.0397 e. The molecule has 0 spiro atoms. The highest BCUT2D eigenvalue weighted by molar-refractivity contribution is 5.46. The van der Waals surface area contributed by atoms with Crippen LogP contribution in [0.1, 0.15) is 12.8 Å². The van der Waals surface area contributed by atoms with Crippen molar-refractivity contribution >= 4 is 5.69 Å². The van der Waals surface area contributed by atoms with Gasteiger partial charge >= 0.3 is 0 Å². The number of nitrogens with one attached hydrogen (secondary N) is 1. The van der Waals surface area contributed by atoms with Crippen LogP contribution in [0.4, 0.5) is 5.69 Å². The van der Waals surface area contributed by atoms with Gasteiger partial charge in [0.1, 0.15) is 0 Å². The highest BCUT2D eigenvalue weighted by Gasteiger charge is 2.34. The van der Waals surface area contributed by atoms with Gasteiger partial charge in [-0.3, -0.25) is 4.98 Å². The Balaban J connectivity index is 1.75. The fraction of sp³-hybridized carbons (Fsp3) is 0.583. The summed E-state index contributed by atoms with van der Waals surface area (Å²) >= 11 is 0. The van der Waals surface area contributed by atoms with Crippen molar-refractivity contribution in [2.75, 3.05) is 24.5 Å². The molecule has 3 nitrogen and oxygen atoms in total. The van der Waals surface area contributed by atoms with Crippen molar-refractivity contribution in [2.45, 2.75) is 18.9 Å². The van der Waals surface area contributed by atoms with Crippen molar-refractivity contribution in [1.29, 1.82) is 0 Å². The maximum absolute atomic E-state index is 4.07. The first-order valence-electron chi connectivity index (χ1n) is 5.82. The summed E-state index contributed by atoms with van der Waals surface area (Å²) in [5.41, 5.74) is 1.32. The summed E-state index contributed by atoms with van der Waals surface area (Å²) in [6.45, 7) is 3.57. The molecule has 2 aliphatic heterocycles. The molecule has 2 aliphatic rings. The molecule has 2 fully saturated rings. The zero-order valence-electron chi connectivity index (χ0n) is 8.89. The molecule has 2 saturated heterocycles. The van der Waals surface area contributed by atoms with E-state index in [0.29, 0.717) is 6.04 Å². The number of anilines is 1. The second kappa shape index (κ2) is 3.81. The third-order valence-electron chi connectivity index (χ3n) is 3.63. The Morgan fingerprint density at radius 2 is 2.13 bits per heavy atom. The van der Waals surface area contributed by atoms with Gasteiger partial charge < -0.3 is 10.2 Å². The quantitative estimate of drug-likeness (QED) is 0.745. The zero-order chi connectivity index (χ0) is 10.1. The summed E-state index contributed by atoms with van der Waals surface area (Å²) in [6.07, 6.45) is 6.49. The van der Waals surface area contributed by atoms with Crippen LogP contribution < -0.4 is 10.2 Å². The van der Waals surface area contributed by atoms with E-state index in [0.717, 1.165) is 12.5 Å². The molecule has 0 aromatic carbocycles. The monoisotopic (exact) mass is 203 g/mol. The van der Waals surface area contributed by atoms with E-state index in [4.69, 9.17) is 0 Å². The first kappa shape index (κ1) is 9.16. The molecule has 0 bridgehead atoms. The molecule has 0 radical (unpaired) electrons. The van der Waals surface area contributed by atoms with Crippen LogP contribution in [0.2, 0.25) is 0 Å². The predicted octanol–water partition coefficient (Wildman–Crippen LogP) is 1.27. The Labute approximate surface area is 90.5 Å². The molecular weight excluding hydrogens is 186 g/mol. The van der Waals surface area contributed by atoms with Gasteiger partial charge in [-0.1, -0.05) is 0 Å². The minimum atomic E-state index is 0.715. The van der Waals surface area contributed by atoms with Crippen LogP contribution in [0.5, 0.6) is 0 Å². The van der Waals surface area contributed by atoms with Crippen molar-refractivity contribution in [3.05, 3.63) is 24.5 Å². The Morgan fingerprint density at radius 1 is 1.27 bits per heavy atom. The first-order chi connectivity index (χ1) is 7.43. The lowest BCUT2D eigenvalue weighted by Gasteiger charge is -2.24. The predicted molar refractivity (Wildman–Crippen MR) is 61.0 cm³/mol. The van der Waals surface area contributed by atoms with Crippen LogP contribution in [0.3, 0.4) is 0 Å². The molecule has 0 unspecified atom stereocenters. The molecule has 3 rings (SSSR count). The van der Waals surface area contributed by atoms with Gasteiger partial charge in [0.05, 0.1) is 0 Å². The molecule has 0 aliphatic carbocycles. The maximum Gasteiger partial charge on any atom is 0.0397 e. The SMILES string of the molecule is c1cc(N2C[C@@H]3CCCN[C@@H]3C2)ccn1. The normalized spacial score (nSPS) is 30.3. The van der Waals surface area contributed by atoms with Crippen molar-refractivity contribution in [3.8, 4) is 0 Å². The summed E-state index contributed by atoms with van der Waals surface area (Å²) < 4.78 is 0. The van der Waals surface area contributed by atoms with E-state index < -0.39 is 0 Å². The van der Waals surface area contributed by atoms with E-state index in [1.54, 1.807) is 0 Å². The topological polar surface area (TPSA) is 28.2 Å². The van der Waals surface area contributed by atoms with Crippen LogP contribution in [-0.4, -0.2) is 30.7 Å². The van der Waals surface area contributed by atoms with Crippen molar-refractivity contribution in [3.63, 3.8) is 0 Å². The molecule has 80 valence electrons. The fourth-order valence-electron chi connectivity index (χ4n) is 2.81. The summed E-state index contributed by atoms with van der Waals surface area (Å²) in [5, 5.41) is 3.62. The van der Waals surface area contributed by atoms with Crippen LogP contribution in [0.15, 0.2) is 24.5 Å². The Hall–Kier alpha value is -1.09. The highest BCUT2D eigenvalue weighted by atomic mass is 15.2. The van der Waals surface area contributed by atoms with Gasteiger partial charge in [-0.2, -0.15) is 0 Å². The average Bonchev–Trinajstić information content (AvgIpc) is 2.74. The molecule has 0 amide bonds. The third-order valence-corrected chi connectivity index (χ3v) is 3.63.